The summed E-state index contributed by atoms with van der Waals surface area (Å²) in [7, 11) is 1.63. The minimum atomic E-state index is -0.340. The molecule has 1 aromatic carbocycles. The molecule has 0 saturated carbocycles. The number of benzene rings is 1. The van der Waals surface area contributed by atoms with Crippen LogP contribution in [0.25, 0.3) is 10.2 Å². The van der Waals surface area contributed by atoms with Crippen LogP contribution >= 0.6 is 11.3 Å². The molecule has 0 saturated heterocycles. The monoisotopic (exact) mass is 359 g/mol. The minimum absolute atomic E-state index is 0.0953. The molecule has 0 fully saturated rings. The normalized spacial score (nSPS) is 11.0. The Labute approximate surface area is 148 Å². The molecule has 0 radical (unpaired) electrons. The zero-order chi connectivity index (χ0) is 18.1. The smallest absolute Gasteiger partial charge is 0.262 e. The van der Waals surface area contributed by atoms with Crippen molar-refractivity contribution in [3.63, 3.8) is 0 Å². The number of rotatable bonds is 4. The molecule has 2 heterocycles. The molecule has 0 aliphatic rings. The lowest BCUT2D eigenvalue weighted by Crippen LogP contribution is -2.33. The van der Waals surface area contributed by atoms with Crippen LogP contribution in [0.1, 0.15) is 16.0 Å². The van der Waals surface area contributed by atoms with E-state index >= 15 is 0 Å². The summed E-state index contributed by atoms with van der Waals surface area (Å²) in [5.74, 6) is -0.579. The number of thiophene rings is 1. The number of fused-ring (bicyclic) bond motifs is 1. The number of aryl methyl sites for hydroxylation is 2. The molecule has 5 nitrogen and oxygen atoms in total. The van der Waals surface area contributed by atoms with E-state index in [2.05, 4.69) is 4.98 Å². The highest BCUT2D eigenvalue weighted by Gasteiger charge is 2.15. The van der Waals surface area contributed by atoms with E-state index in [4.69, 9.17) is 0 Å². The first-order valence-corrected chi connectivity index (χ1v) is 8.62. The van der Waals surface area contributed by atoms with Crippen molar-refractivity contribution in [3.05, 3.63) is 62.8 Å². The van der Waals surface area contributed by atoms with Gasteiger partial charge in [0.2, 0.25) is 5.91 Å². The number of halogens is 1. The van der Waals surface area contributed by atoms with E-state index in [9.17, 15) is 14.0 Å². The molecule has 0 unspecified atom stereocenters. The Morgan fingerprint density at radius 1 is 1.36 bits per heavy atom. The van der Waals surface area contributed by atoms with Gasteiger partial charge in [0.25, 0.3) is 5.56 Å². The summed E-state index contributed by atoms with van der Waals surface area (Å²) in [6, 6.07) is 6.11. The number of hydrogen-bond donors (Lipinski definition) is 0. The maximum Gasteiger partial charge on any atom is 0.262 e. The first-order chi connectivity index (χ1) is 11.9. The fourth-order valence-electron chi connectivity index (χ4n) is 2.65. The summed E-state index contributed by atoms with van der Waals surface area (Å²) in [5.41, 5.74) is 1.40. The molecule has 0 aliphatic carbocycles. The molecule has 2 aromatic heterocycles. The third-order valence-corrected chi connectivity index (χ3v) is 5.31. The number of aromatic nitrogens is 2. The average molecular weight is 359 g/mol. The Balaban J connectivity index is 1.81. The van der Waals surface area contributed by atoms with Gasteiger partial charge >= 0.3 is 0 Å². The molecule has 3 rings (SSSR count). The second-order valence-corrected chi connectivity index (χ2v) is 7.22. The van der Waals surface area contributed by atoms with Crippen molar-refractivity contribution in [1.29, 1.82) is 0 Å². The van der Waals surface area contributed by atoms with Gasteiger partial charge in [-0.05, 0) is 37.1 Å². The van der Waals surface area contributed by atoms with E-state index in [1.54, 1.807) is 19.2 Å². The first kappa shape index (κ1) is 17.3. The van der Waals surface area contributed by atoms with Gasteiger partial charge in [0.1, 0.15) is 17.2 Å². The van der Waals surface area contributed by atoms with Crippen LogP contribution in [0.3, 0.4) is 0 Å². The molecule has 0 aliphatic heterocycles. The lowest BCUT2D eigenvalue weighted by Gasteiger charge is -2.18. The van der Waals surface area contributed by atoms with Crippen LogP contribution in [0.4, 0.5) is 4.39 Å². The molecule has 0 N–H and O–H groups in total. The highest BCUT2D eigenvalue weighted by atomic mass is 32.1. The number of hydrogen-bond acceptors (Lipinski definition) is 4. The lowest BCUT2D eigenvalue weighted by molar-refractivity contribution is -0.131. The lowest BCUT2D eigenvalue weighted by atomic mass is 10.2. The largest absolute Gasteiger partial charge is 0.340 e. The second kappa shape index (κ2) is 6.76. The van der Waals surface area contributed by atoms with Crippen molar-refractivity contribution in [3.8, 4) is 0 Å². The van der Waals surface area contributed by atoms with Gasteiger partial charge in [-0.25, -0.2) is 9.37 Å². The number of carbonyl (C=O) groups excluding carboxylic acids is 1. The summed E-state index contributed by atoms with van der Waals surface area (Å²) in [6.07, 6.45) is 1.41. The van der Waals surface area contributed by atoms with E-state index < -0.39 is 0 Å². The standard InChI is InChI=1S/C18H18FN3O2S/c1-11-12(2)25-17-16(11)18(24)22(10-20-17)9-15(23)21(3)8-13-5-4-6-14(19)7-13/h4-7,10H,8-9H2,1-3H3. The second-order valence-electron chi connectivity index (χ2n) is 6.02. The summed E-state index contributed by atoms with van der Waals surface area (Å²) < 4.78 is 14.6. The molecule has 7 heteroatoms. The maximum atomic E-state index is 13.3. The van der Waals surface area contributed by atoms with Gasteiger partial charge in [0, 0.05) is 18.5 Å². The fourth-order valence-corrected chi connectivity index (χ4v) is 3.63. The van der Waals surface area contributed by atoms with Gasteiger partial charge in [0.05, 0.1) is 11.7 Å². The highest BCUT2D eigenvalue weighted by molar-refractivity contribution is 7.18. The molecule has 1 amide bonds. The molecular weight excluding hydrogens is 341 g/mol. The molecule has 0 bridgehead atoms. The van der Waals surface area contributed by atoms with Crippen LogP contribution < -0.4 is 5.56 Å². The predicted molar refractivity (Wildman–Crippen MR) is 96.2 cm³/mol. The van der Waals surface area contributed by atoms with Crippen molar-refractivity contribution in [2.24, 2.45) is 0 Å². The number of likely N-dealkylation sites (N-methyl/N-ethyl adjacent to an activating group) is 1. The van der Waals surface area contributed by atoms with Crippen LogP contribution in [-0.4, -0.2) is 27.4 Å². The topological polar surface area (TPSA) is 55.2 Å². The molecule has 3 aromatic rings. The summed E-state index contributed by atoms with van der Waals surface area (Å²) in [6.45, 7) is 4.02. The summed E-state index contributed by atoms with van der Waals surface area (Å²) in [5, 5.41) is 0.575. The molecule has 130 valence electrons. The van der Waals surface area contributed by atoms with E-state index in [1.807, 2.05) is 13.8 Å². The van der Waals surface area contributed by atoms with Crippen molar-refractivity contribution in [2.45, 2.75) is 26.9 Å². The van der Waals surface area contributed by atoms with E-state index in [-0.39, 0.29) is 30.4 Å². The maximum absolute atomic E-state index is 13.3. The number of nitrogens with zero attached hydrogens (tertiary/aromatic N) is 3. The van der Waals surface area contributed by atoms with Gasteiger partial charge in [-0.3, -0.25) is 14.2 Å². The Kier molecular flexibility index (Phi) is 4.67. The Morgan fingerprint density at radius 2 is 2.12 bits per heavy atom. The Morgan fingerprint density at radius 3 is 2.84 bits per heavy atom. The van der Waals surface area contributed by atoms with Crippen molar-refractivity contribution in [1.82, 2.24) is 14.5 Å². The van der Waals surface area contributed by atoms with E-state index in [0.717, 1.165) is 10.4 Å². The van der Waals surface area contributed by atoms with Crippen LogP contribution in [-0.2, 0) is 17.9 Å². The molecular formula is C18H18FN3O2S. The minimum Gasteiger partial charge on any atom is -0.340 e. The van der Waals surface area contributed by atoms with Crippen molar-refractivity contribution < 1.29 is 9.18 Å². The molecule has 0 atom stereocenters. The van der Waals surface area contributed by atoms with Gasteiger partial charge in [-0.1, -0.05) is 12.1 Å². The average Bonchev–Trinajstić information content (AvgIpc) is 2.85. The van der Waals surface area contributed by atoms with Crippen LogP contribution in [0.5, 0.6) is 0 Å². The molecule has 25 heavy (non-hydrogen) atoms. The predicted octanol–water partition coefficient (Wildman–Crippen LogP) is 2.87. The number of amides is 1. The van der Waals surface area contributed by atoms with Crippen molar-refractivity contribution in [2.75, 3.05) is 7.05 Å². The van der Waals surface area contributed by atoms with Crippen LogP contribution in [0, 0.1) is 19.7 Å². The van der Waals surface area contributed by atoms with E-state index in [1.165, 1.54) is 39.3 Å². The van der Waals surface area contributed by atoms with Crippen LogP contribution in [0.2, 0.25) is 0 Å². The van der Waals surface area contributed by atoms with Gasteiger partial charge in [-0.2, -0.15) is 0 Å². The van der Waals surface area contributed by atoms with Gasteiger partial charge in [-0.15, -0.1) is 11.3 Å². The summed E-state index contributed by atoms with van der Waals surface area (Å²) >= 11 is 1.47. The highest BCUT2D eigenvalue weighted by Crippen LogP contribution is 2.25. The van der Waals surface area contributed by atoms with Gasteiger partial charge < -0.3 is 4.90 Å². The SMILES string of the molecule is Cc1sc2ncn(CC(=O)N(C)Cc3cccc(F)c3)c(=O)c2c1C. The quantitative estimate of drug-likeness (QED) is 0.720. The molecule has 0 spiro atoms. The Bertz CT molecular complexity index is 1010. The first-order valence-electron chi connectivity index (χ1n) is 7.80. The van der Waals surface area contributed by atoms with E-state index in [0.29, 0.717) is 15.8 Å². The third-order valence-electron chi connectivity index (χ3n) is 4.20. The van der Waals surface area contributed by atoms with Gasteiger partial charge in [0.15, 0.2) is 0 Å². The summed E-state index contributed by atoms with van der Waals surface area (Å²) in [4.78, 5) is 32.6. The zero-order valence-electron chi connectivity index (χ0n) is 14.2. The zero-order valence-corrected chi connectivity index (χ0v) is 15.1. The fraction of sp³-hybridized carbons (Fsp3) is 0.278. The number of carbonyl (C=O) groups is 1. The van der Waals surface area contributed by atoms with Crippen molar-refractivity contribution >= 4 is 27.5 Å². The third kappa shape index (κ3) is 3.46. The van der Waals surface area contributed by atoms with Crippen LogP contribution in [0.15, 0.2) is 35.4 Å². The Hall–Kier alpha value is -2.54.